The third kappa shape index (κ3) is 2.89. The Balaban J connectivity index is 1.65. The van der Waals surface area contributed by atoms with Gasteiger partial charge in [-0.1, -0.05) is 24.3 Å². The SMILES string of the molecule is Cc1ccccc1C1CCCc2nn(C3CCCCO3)cc2C1O. The number of aromatic nitrogens is 2. The third-order valence-electron chi connectivity index (χ3n) is 5.51. The second kappa shape index (κ2) is 6.69. The normalized spacial score (nSPS) is 27.5. The van der Waals surface area contributed by atoms with Gasteiger partial charge in [-0.3, -0.25) is 0 Å². The topological polar surface area (TPSA) is 47.3 Å². The highest BCUT2D eigenvalue weighted by molar-refractivity contribution is 5.34. The fourth-order valence-electron chi connectivity index (χ4n) is 4.16. The standard InChI is InChI=1S/C20H26N2O2/c1-14-7-2-3-8-15(14)16-9-6-10-18-17(20(16)23)13-22(21-18)19-11-4-5-12-24-19/h2-3,7-8,13,16,19-20,23H,4-6,9-12H2,1H3. The molecule has 1 aliphatic carbocycles. The lowest BCUT2D eigenvalue weighted by molar-refractivity contribution is -0.0398. The van der Waals surface area contributed by atoms with Crippen molar-refractivity contribution in [3.05, 3.63) is 52.8 Å². The summed E-state index contributed by atoms with van der Waals surface area (Å²) in [4.78, 5) is 0. The molecule has 24 heavy (non-hydrogen) atoms. The lowest BCUT2D eigenvalue weighted by Gasteiger charge is -2.24. The van der Waals surface area contributed by atoms with Gasteiger partial charge in [0.1, 0.15) is 6.23 Å². The Bertz CT molecular complexity index is 703. The second-order valence-corrected chi connectivity index (χ2v) is 7.13. The predicted molar refractivity (Wildman–Crippen MR) is 92.9 cm³/mol. The molecule has 3 atom stereocenters. The molecule has 0 amide bonds. The van der Waals surface area contributed by atoms with Crippen LogP contribution in [0.2, 0.25) is 0 Å². The molecule has 1 aromatic carbocycles. The fraction of sp³-hybridized carbons (Fsp3) is 0.550. The molecule has 2 aromatic rings. The lowest BCUT2D eigenvalue weighted by Crippen LogP contribution is -2.19. The minimum absolute atomic E-state index is 0.0368. The van der Waals surface area contributed by atoms with Crippen LogP contribution in [0, 0.1) is 6.92 Å². The molecule has 2 heterocycles. The number of ether oxygens (including phenoxy) is 1. The van der Waals surface area contributed by atoms with E-state index in [1.807, 2.05) is 10.9 Å². The van der Waals surface area contributed by atoms with Gasteiger partial charge in [0.2, 0.25) is 0 Å². The number of aryl methyl sites for hydroxylation is 2. The van der Waals surface area contributed by atoms with Crippen LogP contribution in [0.3, 0.4) is 0 Å². The summed E-state index contributed by atoms with van der Waals surface area (Å²) < 4.78 is 7.81. The van der Waals surface area contributed by atoms with Crippen molar-refractivity contribution in [1.82, 2.24) is 9.78 Å². The van der Waals surface area contributed by atoms with E-state index >= 15 is 0 Å². The molecule has 1 N–H and O–H groups in total. The largest absolute Gasteiger partial charge is 0.388 e. The van der Waals surface area contributed by atoms with E-state index in [1.165, 1.54) is 17.5 Å². The molecule has 4 nitrogen and oxygen atoms in total. The van der Waals surface area contributed by atoms with Gasteiger partial charge in [0.05, 0.1) is 11.8 Å². The van der Waals surface area contributed by atoms with Crippen LogP contribution in [-0.2, 0) is 11.2 Å². The van der Waals surface area contributed by atoms with E-state index in [0.29, 0.717) is 0 Å². The van der Waals surface area contributed by atoms with E-state index in [4.69, 9.17) is 9.84 Å². The summed E-state index contributed by atoms with van der Waals surface area (Å²) in [5.74, 6) is 0.150. The molecule has 0 spiro atoms. The van der Waals surface area contributed by atoms with Gasteiger partial charge < -0.3 is 9.84 Å². The monoisotopic (exact) mass is 326 g/mol. The highest BCUT2D eigenvalue weighted by Crippen LogP contribution is 2.41. The molecule has 1 aliphatic heterocycles. The number of aliphatic hydroxyl groups excluding tert-OH is 1. The molecule has 1 saturated heterocycles. The van der Waals surface area contributed by atoms with Crippen molar-refractivity contribution < 1.29 is 9.84 Å². The molecule has 2 aliphatic rings. The highest BCUT2D eigenvalue weighted by Gasteiger charge is 2.31. The Kier molecular flexibility index (Phi) is 4.42. The first kappa shape index (κ1) is 15.9. The van der Waals surface area contributed by atoms with Gasteiger partial charge in [0.25, 0.3) is 0 Å². The molecule has 4 heteroatoms. The molecule has 1 aromatic heterocycles. The van der Waals surface area contributed by atoms with Crippen LogP contribution >= 0.6 is 0 Å². The Morgan fingerprint density at radius 3 is 2.79 bits per heavy atom. The minimum atomic E-state index is -0.485. The molecule has 0 bridgehead atoms. The molecule has 0 radical (unpaired) electrons. The summed E-state index contributed by atoms with van der Waals surface area (Å²) in [6.07, 6.45) is 7.92. The first-order valence-corrected chi connectivity index (χ1v) is 9.17. The minimum Gasteiger partial charge on any atom is -0.388 e. The first-order chi connectivity index (χ1) is 11.7. The van der Waals surface area contributed by atoms with Gasteiger partial charge in [-0.25, -0.2) is 4.68 Å². The van der Waals surface area contributed by atoms with E-state index < -0.39 is 6.10 Å². The first-order valence-electron chi connectivity index (χ1n) is 9.17. The van der Waals surface area contributed by atoms with E-state index in [2.05, 4.69) is 31.2 Å². The van der Waals surface area contributed by atoms with Crippen molar-refractivity contribution in [1.29, 1.82) is 0 Å². The van der Waals surface area contributed by atoms with E-state index in [0.717, 1.165) is 50.0 Å². The summed E-state index contributed by atoms with van der Waals surface area (Å²) in [7, 11) is 0. The van der Waals surface area contributed by atoms with Crippen LogP contribution in [0.5, 0.6) is 0 Å². The lowest BCUT2D eigenvalue weighted by atomic mass is 9.86. The van der Waals surface area contributed by atoms with Crippen molar-refractivity contribution in [2.45, 2.75) is 63.7 Å². The number of hydrogen-bond donors (Lipinski definition) is 1. The van der Waals surface area contributed by atoms with Crippen LogP contribution in [0.15, 0.2) is 30.5 Å². The molecule has 3 unspecified atom stereocenters. The summed E-state index contributed by atoms with van der Waals surface area (Å²) in [5.41, 5.74) is 4.57. The predicted octanol–water partition coefficient (Wildman–Crippen LogP) is 4.04. The molecule has 128 valence electrons. The summed E-state index contributed by atoms with van der Waals surface area (Å²) in [5, 5.41) is 15.9. The Hall–Kier alpha value is -1.65. The summed E-state index contributed by atoms with van der Waals surface area (Å²) in [6.45, 7) is 2.94. The fourth-order valence-corrected chi connectivity index (χ4v) is 4.16. The Morgan fingerprint density at radius 1 is 1.12 bits per heavy atom. The maximum atomic E-state index is 11.1. The van der Waals surface area contributed by atoms with Crippen LogP contribution in [-0.4, -0.2) is 21.5 Å². The van der Waals surface area contributed by atoms with E-state index in [1.54, 1.807) is 0 Å². The van der Waals surface area contributed by atoms with Gasteiger partial charge >= 0.3 is 0 Å². The summed E-state index contributed by atoms with van der Waals surface area (Å²) in [6, 6.07) is 8.42. The van der Waals surface area contributed by atoms with Gasteiger partial charge in [-0.2, -0.15) is 5.10 Å². The van der Waals surface area contributed by atoms with E-state index in [-0.39, 0.29) is 12.1 Å². The molecular weight excluding hydrogens is 300 g/mol. The van der Waals surface area contributed by atoms with E-state index in [9.17, 15) is 5.11 Å². The molecular formula is C20H26N2O2. The maximum Gasteiger partial charge on any atom is 0.150 e. The Morgan fingerprint density at radius 2 is 2.00 bits per heavy atom. The van der Waals surface area contributed by atoms with Crippen molar-refractivity contribution in [3.63, 3.8) is 0 Å². The van der Waals surface area contributed by atoms with Crippen LogP contribution in [0.4, 0.5) is 0 Å². The zero-order valence-electron chi connectivity index (χ0n) is 14.3. The number of hydrogen-bond acceptors (Lipinski definition) is 3. The number of aliphatic hydroxyl groups is 1. The quantitative estimate of drug-likeness (QED) is 0.847. The third-order valence-corrected chi connectivity index (χ3v) is 5.51. The van der Waals surface area contributed by atoms with Gasteiger partial charge in [-0.05, 0) is 56.6 Å². The molecule has 0 saturated carbocycles. The summed E-state index contributed by atoms with van der Waals surface area (Å²) >= 11 is 0. The highest BCUT2D eigenvalue weighted by atomic mass is 16.5. The zero-order valence-corrected chi connectivity index (χ0v) is 14.3. The van der Waals surface area contributed by atoms with Crippen LogP contribution in [0.25, 0.3) is 0 Å². The maximum absolute atomic E-state index is 11.1. The second-order valence-electron chi connectivity index (χ2n) is 7.13. The van der Waals surface area contributed by atoms with Crippen molar-refractivity contribution in [3.8, 4) is 0 Å². The zero-order chi connectivity index (χ0) is 16.5. The number of rotatable bonds is 2. The van der Waals surface area contributed by atoms with Crippen LogP contribution < -0.4 is 0 Å². The van der Waals surface area contributed by atoms with Crippen molar-refractivity contribution in [2.75, 3.05) is 6.61 Å². The number of nitrogens with zero attached hydrogens (tertiary/aromatic N) is 2. The average Bonchev–Trinajstić information content (AvgIpc) is 2.98. The smallest absolute Gasteiger partial charge is 0.150 e. The van der Waals surface area contributed by atoms with Crippen molar-refractivity contribution >= 4 is 0 Å². The van der Waals surface area contributed by atoms with Gasteiger partial charge in [0.15, 0.2) is 0 Å². The molecule has 4 rings (SSSR count). The van der Waals surface area contributed by atoms with Crippen molar-refractivity contribution in [2.24, 2.45) is 0 Å². The molecule has 1 fully saturated rings. The number of benzene rings is 1. The number of fused-ring (bicyclic) bond motifs is 1. The van der Waals surface area contributed by atoms with Crippen LogP contribution in [0.1, 0.15) is 72.7 Å². The van der Waals surface area contributed by atoms with Gasteiger partial charge in [-0.15, -0.1) is 0 Å². The van der Waals surface area contributed by atoms with Gasteiger partial charge in [0, 0.05) is 24.3 Å². The average molecular weight is 326 g/mol. The Labute approximate surface area is 143 Å².